The Hall–Kier alpha value is -8.34. The highest BCUT2D eigenvalue weighted by Crippen LogP contribution is 2.45. The highest BCUT2D eigenvalue weighted by molar-refractivity contribution is 6.17. The molecule has 290 valence electrons. The second kappa shape index (κ2) is 13.6. The Bertz CT molecular complexity index is 3900. The number of anilines is 6. The molecule has 13 aromatic rings. The van der Waals surface area contributed by atoms with Crippen molar-refractivity contribution >= 4 is 121 Å². The molecule has 0 N–H and O–H groups in total. The Morgan fingerprint density at radius 2 is 0.742 bits per heavy atom. The van der Waals surface area contributed by atoms with Crippen molar-refractivity contribution in [1.82, 2.24) is 0 Å². The maximum Gasteiger partial charge on any atom is 0.137 e. The summed E-state index contributed by atoms with van der Waals surface area (Å²) in [5.74, 6) is 0. The van der Waals surface area contributed by atoms with Gasteiger partial charge in [0.15, 0.2) is 0 Å². The Kier molecular flexibility index (Phi) is 7.57. The molecule has 62 heavy (non-hydrogen) atoms. The van der Waals surface area contributed by atoms with Crippen LogP contribution in [0, 0.1) is 0 Å². The molecule has 0 spiro atoms. The quantitative estimate of drug-likeness (QED) is 0.157. The Balaban J connectivity index is 1.04. The fourth-order valence-electron chi connectivity index (χ4n) is 9.69. The van der Waals surface area contributed by atoms with Crippen molar-refractivity contribution in [3.63, 3.8) is 0 Å². The maximum absolute atomic E-state index is 6.52. The van der Waals surface area contributed by atoms with Gasteiger partial charge < -0.3 is 18.6 Å². The standard InChI is InChI=1S/C58H36N2O2/c1-2-13-40(14-3-1)60(54-21-11-20-46-45-17-5-4-12-37(45)27-30-47(46)54)42-16-10-15-41(33-42)59(44-29-31-50-48-18-6-8-22-55(48)62-58(50)35-44)43-28-26-38-24-25-39-32-57-53(36-52(39)51(38)34-43)49-19-7-9-23-56(49)61-57/h1-36H. The highest BCUT2D eigenvalue weighted by atomic mass is 16.3. The number of hydrogen-bond acceptors (Lipinski definition) is 4. The van der Waals surface area contributed by atoms with Crippen LogP contribution < -0.4 is 9.80 Å². The average Bonchev–Trinajstić information content (AvgIpc) is 3.89. The third-order valence-corrected chi connectivity index (χ3v) is 12.6. The van der Waals surface area contributed by atoms with Crippen LogP contribution in [0.15, 0.2) is 227 Å². The number of hydrogen-bond donors (Lipinski definition) is 0. The lowest BCUT2D eigenvalue weighted by atomic mass is 9.98. The van der Waals surface area contributed by atoms with Crippen LogP contribution in [-0.2, 0) is 0 Å². The van der Waals surface area contributed by atoms with Gasteiger partial charge in [-0.25, -0.2) is 0 Å². The van der Waals surface area contributed by atoms with E-state index in [0.717, 1.165) is 83.4 Å². The first kappa shape index (κ1) is 34.5. The second-order valence-electron chi connectivity index (χ2n) is 16.1. The molecule has 4 nitrogen and oxygen atoms in total. The highest BCUT2D eigenvalue weighted by Gasteiger charge is 2.21. The number of para-hydroxylation sites is 3. The molecule has 0 fully saturated rings. The van der Waals surface area contributed by atoms with Gasteiger partial charge in [-0.2, -0.15) is 0 Å². The van der Waals surface area contributed by atoms with E-state index in [1.807, 2.05) is 24.3 Å². The van der Waals surface area contributed by atoms with Crippen LogP contribution in [0.1, 0.15) is 0 Å². The monoisotopic (exact) mass is 792 g/mol. The van der Waals surface area contributed by atoms with Crippen molar-refractivity contribution in [2.45, 2.75) is 0 Å². The van der Waals surface area contributed by atoms with E-state index >= 15 is 0 Å². The fraction of sp³-hybridized carbons (Fsp3) is 0. The molecule has 0 aliphatic carbocycles. The van der Waals surface area contributed by atoms with Gasteiger partial charge in [0.2, 0.25) is 0 Å². The summed E-state index contributed by atoms with van der Waals surface area (Å²) in [7, 11) is 0. The number of furan rings is 2. The van der Waals surface area contributed by atoms with Crippen LogP contribution in [0.3, 0.4) is 0 Å². The molecule has 0 atom stereocenters. The van der Waals surface area contributed by atoms with E-state index in [2.05, 4.69) is 204 Å². The third-order valence-electron chi connectivity index (χ3n) is 12.6. The minimum atomic E-state index is 0.846. The molecule has 2 heterocycles. The zero-order valence-electron chi connectivity index (χ0n) is 33.5. The SMILES string of the molecule is c1ccc(N(c2cccc(N(c3ccc4c(c3)oc3ccccc34)c3ccc4ccc5cc6oc7ccccc7c6cc5c4c3)c2)c2cccc3c2ccc2ccccc23)cc1. The summed E-state index contributed by atoms with van der Waals surface area (Å²) >= 11 is 0. The Labute approximate surface area is 356 Å². The molecule has 0 radical (unpaired) electrons. The summed E-state index contributed by atoms with van der Waals surface area (Å²) in [6, 6.07) is 78.3. The fourth-order valence-corrected chi connectivity index (χ4v) is 9.69. The lowest BCUT2D eigenvalue weighted by Crippen LogP contribution is -2.13. The van der Waals surface area contributed by atoms with Gasteiger partial charge in [0.25, 0.3) is 0 Å². The van der Waals surface area contributed by atoms with E-state index in [4.69, 9.17) is 8.83 Å². The number of fused-ring (bicyclic) bond motifs is 12. The number of rotatable bonds is 6. The van der Waals surface area contributed by atoms with E-state index < -0.39 is 0 Å². The summed E-state index contributed by atoms with van der Waals surface area (Å²) in [4.78, 5) is 4.75. The molecular formula is C58H36N2O2. The zero-order chi connectivity index (χ0) is 40.7. The van der Waals surface area contributed by atoms with E-state index in [9.17, 15) is 0 Å². The summed E-state index contributed by atoms with van der Waals surface area (Å²) in [5.41, 5.74) is 9.82. The van der Waals surface area contributed by atoms with Gasteiger partial charge in [0.05, 0.1) is 5.69 Å². The van der Waals surface area contributed by atoms with Gasteiger partial charge in [0, 0.05) is 61.4 Å². The van der Waals surface area contributed by atoms with Crippen LogP contribution in [0.2, 0.25) is 0 Å². The van der Waals surface area contributed by atoms with Gasteiger partial charge in [-0.3, -0.25) is 0 Å². The van der Waals surface area contributed by atoms with Gasteiger partial charge >= 0.3 is 0 Å². The molecule has 0 saturated carbocycles. The topological polar surface area (TPSA) is 32.8 Å². The molecule has 0 saturated heterocycles. The molecule has 0 aliphatic heterocycles. The van der Waals surface area contributed by atoms with Crippen molar-refractivity contribution in [1.29, 1.82) is 0 Å². The summed E-state index contributed by atoms with van der Waals surface area (Å²) in [6.07, 6.45) is 0. The van der Waals surface area contributed by atoms with Crippen molar-refractivity contribution < 1.29 is 8.83 Å². The lowest BCUT2D eigenvalue weighted by Gasteiger charge is -2.30. The Morgan fingerprint density at radius 1 is 0.226 bits per heavy atom. The molecule has 0 bridgehead atoms. The van der Waals surface area contributed by atoms with Gasteiger partial charge in [-0.05, 0) is 123 Å². The second-order valence-corrected chi connectivity index (χ2v) is 16.1. The smallest absolute Gasteiger partial charge is 0.137 e. The molecule has 11 aromatic carbocycles. The predicted octanol–water partition coefficient (Wildman–Crippen LogP) is 17.0. The van der Waals surface area contributed by atoms with E-state index in [-0.39, 0.29) is 0 Å². The third kappa shape index (κ3) is 5.40. The minimum Gasteiger partial charge on any atom is -0.456 e. The molecular weight excluding hydrogens is 757 g/mol. The van der Waals surface area contributed by atoms with Gasteiger partial charge in [-0.1, -0.05) is 127 Å². The molecule has 4 heteroatoms. The first-order valence-corrected chi connectivity index (χ1v) is 21.1. The average molecular weight is 793 g/mol. The normalized spacial score (nSPS) is 11.9. The molecule has 0 amide bonds. The predicted molar refractivity (Wildman–Crippen MR) is 260 cm³/mol. The lowest BCUT2D eigenvalue weighted by molar-refractivity contribution is 0.669. The van der Waals surface area contributed by atoms with Crippen LogP contribution in [0.25, 0.3) is 87.0 Å². The van der Waals surface area contributed by atoms with Crippen LogP contribution in [0.5, 0.6) is 0 Å². The summed E-state index contributed by atoms with van der Waals surface area (Å²) in [6.45, 7) is 0. The number of benzene rings is 11. The number of nitrogens with zero attached hydrogens (tertiary/aromatic N) is 2. The maximum atomic E-state index is 6.52. The molecule has 2 aromatic heterocycles. The first-order valence-electron chi connectivity index (χ1n) is 21.1. The van der Waals surface area contributed by atoms with Crippen LogP contribution >= 0.6 is 0 Å². The van der Waals surface area contributed by atoms with Crippen molar-refractivity contribution in [2.24, 2.45) is 0 Å². The van der Waals surface area contributed by atoms with Crippen molar-refractivity contribution in [3.05, 3.63) is 218 Å². The van der Waals surface area contributed by atoms with E-state index in [1.54, 1.807) is 0 Å². The van der Waals surface area contributed by atoms with Crippen LogP contribution in [-0.4, -0.2) is 0 Å². The van der Waals surface area contributed by atoms with Crippen LogP contribution in [0.4, 0.5) is 34.1 Å². The van der Waals surface area contributed by atoms with Gasteiger partial charge in [0.1, 0.15) is 22.3 Å². The van der Waals surface area contributed by atoms with E-state index in [0.29, 0.717) is 0 Å². The summed E-state index contributed by atoms with van der Waals surface area (Å²) < 4.78 is 12.8. The molecule has 0 aliphatic rings. The van der Waals surface area contributed by atoms with E-state index in [1.165, 1.54) is 37.7 Å². The molecule has 0 unspecified atom stereocenters. The van der Waals surface area contributed by atoms with Gasteiger partial charge in [-0.15, -0.1) is 0 Å². The van der Waals surface area contributed by atoms with Crippen molar-refractivity contribution in [2.75, 3.05) is 9.80 Å². The largest absolute Gasteiger partial charge is 0.456 e. The minimum absolute atomic E-state index is 0.846. The first-order chi connectivity index (χ1) is 30.7. The summed E-state index contributed by atoms with van der Waals surface area (Å²) in [5, 5.41) is 14.0. The zero-order valence-corrected chi connectivity index (χ0v) is 33.5. The Morgan fingerprint density at radius 3 is 1.58 bits per heavy atom. The molecule has 13 rings (SSSR count). The van der Waals surface area contributed by atoms with Crippen molar-refractivity contribution in [3.8, 4) is 0 Å².